The van der Waals surface area contributed by atoms with E-state index in [2.05, 4.69) is 62.0 Å². The van der Waals surface area contributed by atoms with E-state index in [-0.39, 0.29) is 0 Å². The Morgan fingerprint density at radius 3 is 2.50 bits per heavy atom. The lowest BCUT2D eigenvalue weighted by Gasteiger charge is -2.22. The Hall–Kier alpha value is -0.830. The topological polar surface area (TPSA) is 29.9 Å². The van der Waals surface area contributed by atoms with Crippen LogP contribution >= 0.6 is 0 Å². The monoisotopic (exact) mass is 251 g/mol. The average Bonchev–Trinajstić information content (AvgIpc) is 2.83. The summed E-state index contributed by atoms with van der Waals surface area (Å²) in [4.78, 5) is 0. The first-order valence-electron chi connectivity index (χ1n) is 7.39. The molecule has 0 amide bonds. The summed E-state index contributed by atoms with van der Waals surface area (Å²) in [7, 11) is 0. The summed E-state index contributed by atoms with van der Waals surface area (Å²) >= 11 is 0. The van der Waals surface area contributed by atoms with Gasteiger partial charge in [-0.3, -0.25) is 4.68 Å². The molecule has 0 aliphatic carbocycles. The Morgan fingerprint density at radius 2 is 1.94 bits per heavy atom. The van der Waals surface area contributed by atoms with Crippen LogP contribution in [0.25, 0.3) is 0 Å². The molecular weight excluding hydrogens is 222 g/mol. The molecule has 0 aromatic carbocycles. The van der Waals surface area contributed by atoms with Gasteiger partial charge in [0.05, 0.1) is 5.69 Å². The van der Waals surface area contributed by atoms with E-state index in [0.717, 1.165) is 19.4 Å². The van der Waals surface area contributed by atoms with Crippen molar-refractivity contribution in [1.29, 1.82) is 0 Å². The van der Waals surface area contributed by atoms with Crippen molar-refractivity contribution in [2.45, 2.75) is 66.0 Å². The second-order valence-corrected chi connectivity index (χ2v) is 5.30. The van der Waals surface area contributed by atoms with Crippen molar-refractivity contribution in [3.8, 4) is 0 Å². The second-order valence-electron chi connectivity index (χ2n) is 5.30. The van der Waals surface area contributed by atoms with Gasteiger partial charge < -0.3 is 5.32 Å². The predicted octanol–water partition coefficient (Wildman–Crippen LogP) is 3.42. The quantitative estimate of drug-likeness (QED) is 0.767. The van der Waals surface area contributed by atoms with Gasteiger partial charge in [-0.25, -0.2) is 0 Å². The van der Waals surface area contributed by atoms with Crippen molar-refractivity contribution in [3.63, 3.8) is 0 Å². The molecule has 0 saturated heterocycles. The zero-order valence-corrected chi connectivity index (χ0v) is 12.6. The van der Waals surface area contributed by atoms with Crippen molar-refractivity contribution in [2.24, 2.45) is 5.92 Å². The molecule has 0 fully saturated rings. The summed E-state index contributed by atoms with van der Waals surface area (Å²) in [6.45, 7) is 12.2. The molecule has 1 rings (SSSR count). The fourth-order valence-electron chi connectivity index (χ4n) is 2.40. The van der Waals surface area contributed by atoms with Crippen molar-refractivity contribution in [2.75, 3.05) is 6.54 Å². The first-order chi connectivity index (χ1) is 8.62. The Bertz CT molecular complexity index is 332. The SMILES string of the molecule is CCNC(CC)C(C)Cc1ccn(C(C)CC)n1. The van der Waals surface area contributed by atoms with Gasteiger partial charge in [-0.15, -0.1) is 0 Å². The molecule has 3 atom stereocenters. The van der Waals surface area contributed by atoms with Crippen LogP contribution in [0.2, 0.25) is 0 Å². The number of hydrogen-bond donors (Lipinski definition) is 1. The number of rotatable bonds is 8. The normalized spacial score (nSPS) is 16.5. The number of nitrogens with zero attached hydrogens (tertiary/aromatic N) is 2. The van der Waals surface area contributed by atoms with Gasteiger partial charge in [-0.2, -0.15) is 5.10 Å². The highest BCUT2D eigenvalue weighted by Crippen LogP contribution is 2.15. The minimum atomic E-state index is 0.504. The maximum atomic E-state index is 4.69. The van der Waals surface area contributed by atoms with E-state index in [4.69, 9.17) is 0 Å². The molecule has 0 aliphatic heterocycles. The molecule has 0 saturated carbocycles. The molecule has 1 aromatic rings. The fourth-order valence-corrected chi connectivity index (χ4v) is 2.40. The van der Waals surface area contributed by atoms with Crippen LogP contribution in [0.1, 0.15) is 59.2 Å². The van der Waals surface area contributed by atoms with Crippen LogP contribution in [0.3, 0.4) is 0 Å². The van der Waals surface area contributed by atoms with Gasteiger partial charge in [0, 0.05) is 18.3 Å². The van der Waals surface area contributed by atoms with E-state index in [1.807, 2.05) is 0 Å². The van der Waals surface area contributed by atoms with Crippen LogP contribution in [0.4, 0.5) is 0 Å². The summed E-state index contributed by atoms with van der Waals surface area (Å²) in [6, 6.07) is 3.27. The molecular formula is C15H29N3. The summed E-state index contributed by atoms with van der Waals surface area (Å²) in [5.74, 6) is 0.634. The maximum absolute atomic E-state index is 4.69. The molecule has 0 radical (unpaired) electrons. The molecule has 0 spiro atoms. The number of nitrogens with one attached hydrogen (secondary N) is 1. The van der Waals surface area contributed by atoms with E-state index < -0.39 is 0 Å². The lowest BCUT2D eigenvalue weighted by molar-refractivity contribution is 0.366. The van der Waals surface area contributed by atoms with Gasteiger partial charge in [0.2, 0.25) is 0 Å². The van der Waals surface area contributed by atoms with Gasteiger partial charge >= 0.3 is 0 Å². The summed E-state index contributed by atoms with van der Waals surface area (Å²) < 4.78 is 2.09. The first-order valence-corrected chi connectivity index (χ1v) is 7.39. The highest BCUT2D eigenvalue weighted by atomic mass is 15.3. The van der Waals surface area contributed by atoms with Crippen LogP contribution in [-0.4, -0.2) is 22.4 Å². The van der Waals surface area contributed by atoms with E-state index >= 15 is 0 Å². The molecule has 18 heavy (non-hydrogen) atoms. The largest absolute Gasteiger partial charge is 0.314 e. The molecule has 1 N–H and O–H groups in total. The molecule has 0 bridgehead atoms. The Morgan fingerprint density at radius 1 is 1.22 bits per heavy atom. The zero-order chi connectivity index (χ0) is 13.5. The lowest BCUT2D eigenvalue weighted by Crippen LogP contribution is -2.35. The molecule has 0 aliphatic rings. The maximum Gasteiger partial charge on any atom is 0.0627 e. The number of hydrogen-bond acceptors (Lipinski definition) is 2. The minimum absolute atomic E-state index is 0.504. The smallest absolute Gasteiger partial charge is 0.0627 e. The first kappa shape index (κ1) is 15.2. The van der Waals surface area contributed by atoms with Crippen LogP contribution < -0.4 is 5.32 Å². The van der Waals surface area contributed by atoms with Gasteiger partial charge in [-0.1, -0.05) is 27.7 Å². The minimum Gasteiger partial charge on any atom is -0.314 e. The Labute approximate surface area is 112 Å². The second kappa shape index (κ2) is 7.57. The van der Waals surface area contributed by atoms with Crippen LogP contribution in [0.15, 0.2) is 12.3 Å². The van der Waals surface area contributed by atoms with Crippen molar-refractivity contribution in [3.05, 3.63) is 18.0 Å². The molecule has 3 unspecified atom stereocenters. The Kier molecular flexibility index (Phi) is 6.41. The molecule has 3 heteroatoms. The highest BCUT2D eigenvalue weighted by molar-refractivity contribution is 5.01. The fraction of sp³-hybridized carbons (Fsp3) is 0.800. The van der Waals surface area contributed by atoms with E-state index in [1.165, 1.54) is 12.1 Å². The van der Waals surface area contributed by atoms with Gasteiger partial charge in [0.25, 0.3) is 0 Å². The number of aromatic nitrogens is 2. The van der Waals surface area contributed by atoms with E-state index in [1.54, 1.807) is 0 Å². The van der Waals surface area contributed by atoms with Gasteiger partial charge in [0.15, 0.2) is 0 Å². The molecule has 1 heterocycles. The summed E-state index contributed by atoms with van der Waals surface area (Å²) in [5.41, 5.74) is 1.22. The van der Waals surface area contributed by atoms with Crippen LogP contribution in [0, 0.1) is 5.92 Å². The van der Waals surface area contributed by atoms with Gasteiger partial charge in [-0.05, 0) is 44.7 Å². The molecule has 1 aromatic heterocycles. The van der Waals surface area contributed by atoms with Crippen molar-refractivity contribution >= 4 is 0 Å². The van der Waals surface area contributed by atoms with E-state index in [9.17, 15) is 0 Å². The molecule has 3 nitrogen and oxygen atoms in total. The third kappa shape index (κ3) is 4.13. The standard InChI is InChI=1S/C15H29N3/c1-6-13(5)18-10-9-14(17-18)11-12(4)15(7-2)16-8-3/h9-10,12-13,15-16H,6-8,11H2,1-5H3. The van der Waals surface area contributed by atoms with Crippen molar-refractivity contribution in [1.82, 2.24) is 15.1 Å². The average molecular weight is 251 g/mol. The van der Waals surface area contributed by atoms with Crippen LogP contribution in [-0.2, 0) is 6.42 Å². The third-order valence-electron chi connectivity index (χ3n) is 3.83. The lowest BCUT2D eigenvalue weighted by atomic mass is 9.95. The highest BCUT2D eigenvalue weighted by Gasteiger charge is 2.16. The Balaban J connectivity index is 2.58. The van der Waals surface area contributed by atoms with Crippen LogP contribution in [0.5, 0.6) is 0 Å². The molecule has 104 valence electrons. The van der Waals surface area contributed by atoms with Gasteiger partial charge in [0.1, 0.15) is 0 Å². The van der Waals surface area contributed by atoms with E-state index in [0.29, 0.717) is 18.0 Å². The summed E-state index contributed by atoms with van der Waals surface area (Å²) in [5, 5.41) is 8.25. The summed E-state index contributed by atoms with van der Waals surface area (Å²) in [6.07, 6.45) is 5.49. The predicted molar refractivity (Wildman–Crippen MR) is 77.9 cm³/mol. The van der Waals surface area contributed by atoms with Crippen molar-refractivity contribution < 1.29 is 0 Å². The zero-order valence-electron chi connectivity index (χ0n) is 12.6. The third-order valence-corrected chi connectivity index (χ3v) is 3.83.